The number of carbonyl (C=O) groups excluding carboxylic acids is 1. The van der Waals surface area contributed by atoms with Gasteiger partial charge in [0.2, 0.25) is 0 Å². The number of aliphatic hydroxyl groups is 1. The van der Waals surface area contributed by atoms with E-state index in [1.807, 2.05) is 192 Å². The van der Waals surface area contributed by atoms with Gasteiger partial charge in [0, 0.05) is 4.90 Å². The third-order valence-corrected chi connectivity index (χ3v) is 18.3. The summed E-state index contributed by atoms with van der Waals surface area (Å²) in [5, 5.41) is 15.7. The van der Waals surface area contributed by atoms with E-state index in [-0.39, 0.29) is 19.8 Å². The fraction of sp³-hybridized carbons (Fsp3) is 0.317. The summed E-state index contributed by atoms with van der Waals surface area (Å²) in [4.78, 5) is 15.7. The first-order chi connectivity index (χ1) is 36.4. The third kappa shape index (κ3) is 13.8. The molecule has 75 heavy (non-hydrogen) atoms. The molecule has 12 heteroatoms. The van der Waals surface area contributed by atoms with Crippen molar-refractivity contribution in [2.45, 2.75) is 125 Å². The maximum atomic E-state index is 14.8. The number of rotatable bonds is 20. The molecule has 0 spiro atoms. The van der Waals surface area contributed by atoms with Gasteiger partial charge in [0.05, 0.1) is 43.7 Å². The van der Waals surface area contributed by atoms with Gasteiger partial charge >= 0.3 is 5.97 Å². The van der Waals surface area contributed by atoms with Gasteiger partial charge in [0.25, 0.3) is 0 Å². The largest absolute Gasteiger partial charge is 0.452 e. The van der Waals surface area contributed by atoms with Crippen molar-refractivity contribution in [3.63, 3.8) is 0 Å². The van der Waals surface area contributed by atoms with E-state index in [0.717, 1.165) is 37.5 Å². The van der Waals surface area contributed by atoms with Crippen LogP contribution in [-0.4, -0.2) is 91.8 Å². The summed E-state index contributed by atoms with van der Waals surface area (Å²) in [5.74, 6) is -0.623. The molecule has 389 valence electrons. The molecule has 2 aliphatic heterocycles. The van der Waals surface area contributed by atoms with E-state index in [1.54, 1.807) is 24.3 Å². The molecular weight excluding hydrogens is 977 g/mol. The highest BCUT2D eigenvalue weighted by Crippen LogP contribution is 2.48. The lowest BCUT2D eigenvalue weighted by Gasteiger charge is -2.54. The SMILES string of the molecule is Cc1ccc(S[C@]2([Si](c3ccccc3)c3ccccc3)O[C@H](COC(C)(C)C)[C@H](O[C@@H]3O[C@@H](C)[C@@H](OCc4ccccc4)[C@@H](OCc4ccccc4)[C@@H]3OCc3ccccc3)[C@H](O)[C@H]2OC(=O)c2ccccc2)cc1. The molecule has 1 radical (unpaired) electrons. The Morgan fingerprint density at radius 2 is 1.05 bits per heavy atom. The zero-order valence-electron chi connectivity index (χ0n) is 43.2. The van der Waals surface area contributed by atoms with Crippen molar-refractivity contribution >= 4 is 36.9 Å². The first-order valence-corrected chi connectivity index (χ1v) is 28.0. The van der Waals surface area contributed by atoms with Crippen molar-refractivity contribution in [2.75, 3.05) is 6.61 Å². The molecule has 0 bridgehead atoms. The maximum absolute atomic E-state index is 14.8. The lowest BCUT2D eigenvalue weighted by Crippen LogP contribution is -2.75. The second kappa shape index (κ2) is 25.4. The van der Waals surface area contributed by atoms with Gasteiger partial charge in [-0.05, 0) is 75.6 Å². The predicted octanol–water partition coefficient (Wildman–Crippen LogP) is 10.3. The van der Waals surface area contributed by atoms with Gasteiger partial charge in [-0.15, -0.1) is 0 Å². The van der Waals surface area contributed by atoms with Crippen molar-refractivity contribution in [3.05, 3.63) is 234 Å². The molecule has 10 nitrogen and oxygen atoms in total. The fourth-order valence-electron chi connectivity index (χ4n) is 9.54. The molecule has 2 fully saturated rings. The Hall–Kier alpha value is -5.74. The lowest BCUT2D eigenvalue weighted by molar-refractivity contribution is -0.352. The summed E-state index contributed by atoms with van der Waals surface area (Å²) in [6, 6.07) is 67.2. The zero-order valence-corrected chi connectivity index (χ0v) is 45.0. The Kier molecular flexibility index (Phi) is 18.3. The molecule has 10 atom stereocenters. The molecule has 2 aliphatic rings. The molecule has 2 heterocycles. The summed E-state index contributed by atoms with van der Waals surface area (Å²) < 4.78 is 55.0. The minimum atomic E-state index is -2.25. The summed E-state index contributed by atoms with van der Waals surface area (Å²) in [5.41, 5.74) is 3.65. The van der Waals surface area contributed by atoms with Crippen molar-refractivity contribution in [1.82, 2.24) is 0 Å². The second-order valence-electron chi connectivity index (χ2n) is 20.0. The quantitative estimate of drug-likeness (QED) is 0.0582. The summed E-state index contributed by atoms with van der Waals surface area (Å²) in [6.45, 7) is 10.6. The van der Waals surface area contributed by atoms with Crippen LogP contribution in [0.25, 0.3) is 0 Å². The zero-order chi connectivity index (χ0) is 52.2. The monoisotopic (exact) mass is 1040 g/mol. The van der Waals surface area contributed by atoms with Gasteiger partial charge in [-0.2, -0.15) is 0 Å². The van der Waals surface area contributed by atoms with Crippen molar-refractivity contribution < 1.29 is 47.8 Å². The number of benzene rings is 7. The predicted molar refractivity (Wildman–Crippen MR) is 294 cm³/mol. The third-order valence-electron chi connectivity index (χ3n) is 13.3. The van der Waals surface area contributed by atoms with Gasteiger partial charge in [0.1, 0.15) is 36.6 Å². The van der Waals surface area contributed by atoms with Crippen molar-refractivity contribution in [1.29, 1.82) is 0 Å². The highest BCUT2D eigenvalue weighted by Gasteiger charge is 2.64. The highest BCUT2D eigenvalue weighted by atomic mass is 32.2. The van der Waals surface area contributed by atoms with E-state index in [2.05, 4.69) is 24.3 Å². The van der Waals surface area contributed by atoms with Crippen LogP contribution in [0, 0.1) is 6.92 Å². The van der Waals surface area contributed by atoms with Crippen LogP contribution in [0.5, 0.6) is 0 Å². The fourth-order valence-corrected chi connectivity index (χ4v) is 15.1. The number of carbonyl (C=O) groups is 1. The van der Waals surface area contributed by atoms with Crippen LogP contribution >= 0.6 is 11.8 Å². The van der Waals surface area contributed by atoms with E-state index >= 15 is 0 Å². The van der Waals surface area contributed by atoms with Gasteiger partial charge in [-0.3, -0.25) is 0 Å². The van der Waals surface area contributed by atoms with E-state index in [0.29, 0.717) is 12.2 Å². The van der Waals surface area contributed by atoms with E-state index in [1.165, 1.54) is 11.8 Å². The van der Waals surface area contributed by atoms with Crippen LogP contribution in [0.2, 0.25) is 0 Å². The number of hydrogen-bond donors (Lipinski definition) is 1. The number of aryl methyl sites for hydroxylation is 1. The Balaban J connectivity index is 1.18. The molecule has 2 saturated heterocycles. The van der Waals surface area contributed by atoms with Crippen LogP contribution in [0.4, 0.5) is 0 Å². The summed E-state index contributed by atoms with van der Waals surface area (Å²) >= 11 is 1.45. The molecule has 7 aromatic carbocycles. The summed E-state index contributed by atoms with van der Waals surface area (Å²) in [7, 11) is -2.25. The lowest BCUT2D eigenvalue weighted by atomic mass is 9.96. The first kappa shape index (κ1) is 54.1. The normalized spacial score (nSPS) is 24.9. The van der Waals surface area contributed by atoms with Crippen LogP contribution in [0.15, 0.2) is 211 Å². The molecule has 0 amide bonds. The standard InChI is InChI=1S/C63H67O10SSi/c1-44-36-38-50(39-37-44)74-63(75(51-32-20-10-21-33-51)52-34-22-11-23-35-52)59(72-60(65)49-30-18-9-19-31-49)54(64)56(53(73-63)43-69-62(3,4)5)71-61-58(68-42-48-28-16-8-17-29-48)57(67-41-47-26-14-7-15-27-47)55(45(2)70-61)66-40-46-24-12-6-13-25-46/h6-39,45,53-59,61,64H,40-43H2,1-5H3/t45-,53+,54-,55+,56-,57+,58-,59+,61-,63+/m0/s1. The number of ether oxygens (including phenoxy) is 8. The Labute approximate surface area is 447 Å². The molecule has 9 rings (SSSR count). The number of hydrogen-bond acceptors (Lipinski definition) is 11. The summed E-state index contributed by atoms with van der Waals surface area (Å²) in [6.07, 6.45) is -9.14. The number of esters is 1. The van der Waals surface area contributed by atoms with Crippen molar-refractivity contribution in [2.24, 2.45) is 0 Å². The van der Waals surface area contributed by atoms with Crippen molar-refractivity contribution in [3.8, 4) is 0 Å². The van der Waals surface area contributed by atoms with Crippen LogP contribution in [0.3, 0.4) is 0 Å². The van der Waals surface area contributed by atoms with Gasteiger partial charge in [0.15, 0.2) is 25.7 Å². The van der Waals surface area contributed by atoms with Gasteiger partial charge < -0.3 is 43.0 Å². The van der Waals surface area contributed by atoms with Gasteiger partial charge in [-0.1, -0.05) is 210 Å². The Bertz CT molecular complexity index is 2770. The molecule has 0 unspecified atom stereocenters. The first-order valence-electron chi connectivity index (χ1n) is 25.7. The second-order valence-corrected chi connectivity index (χ2v) is 24.3. The molecule has 7 aromatic rings. The minimum absolute atomic E-state index is 0.00588. The Morgan fingerprint density at radius 3 is 1.55 bits per heavy atom. The maximum Gasteiger partial charge on any atom is 0.338 e. The topological polar surface area (TPSA) is 111 Å². The molecular formula is C63H67O10SSi. The molecule has 0 aliphatic carbocycles. The number of aliphatic hydroxyl groups excluding tert-OH is 1. The minimum Gasteiger partial charge on any atom is -0.452 e. The Morgan fingerprint density at radius 1 is 0.600 bits per heavy atom. The van der Waals surface area contributed by atoms with Crippen LogP contribution < -0.4 is 10.4 Å². The highest BCUT2D eigenvalue weighted by molar-refractivity contribution is 8.02. The van der Waals surface area contributed by atoms with Crippen LogP contribution in [0.1, 0.15) is 60.3 Å². The molecule has 0 saturated carbocycles. The molecule has 0 aromatic heterocycles. The van der Waals surface area contributed by atoms with Crippen LogP contribution in [-0.2, 0) is 57.7 Å². The number of thioether (sulfide) groups is 1. The van der Waals surface area contributed by atoms with E-state index < -0.39 is 80.0 Å². The molecule has 1 N–H and O–H groups in total. The smallest absolute Gasteiger partial charge is 0.338 e. The average Bonchev–Trinajstić information content (AvgIpc) is 3.43. The van der Waals surface area contributed by atoms with E-state index in [4.69, 9.17) is 37.9 Å². The van der Waals surface area contributed by atoms with E-state index in [9.17, 15) is 9.90 Å². The average molecular weight is 1040 g/mol. The van der Waals surface area contributed by atoms with Gasteiger partial charge in [-0.25, -0.2) is 4.79 Å².